The molecule has 140 valence electrons. The fraction of sp³-hybridized carbons (Fsp3) is 0.368. The topological polar surface area (TPSA) is 49.9 Å². The largest absolute Gasteiger partial charge is 0.496 e. The number of methoxy groups -OCH3 is 1. The molecule has 0 spiro atoms. The highest BCUT2D eigenvalue weighted by atomic mass is 32.2. The molecule has 2 aromatic rings. The van der Waals surface area contributed by atoms with Crippen LogP contribution in [0.2, 0.25) is 0 Å². The Balaban J connectivity index is 1.81. The Hall–Kier alpha value is -2.12. The summed E-state index contributed by atoms with van der Waals surface area (Å²) >= 11 is 0. The number of anilines is 1. The van der Waals surface area contributed by atoms with Crippen molar-refractivity contribution in [3.63, 3.8) is 0 Å². The maximum absolute atomic E-state index is 14.0. The number of ether oxygens (including phenoxy) is 1. The lowest BCUT2D eigenvalue weighted by atomic mass is 10.1. The van der Waals surface area contributed by atoms with Crippen molar-refractivity contribution in [2.24, 2.45) is 0 Å². The second kappa shape index (κ2) is 7.25. The molecular weight excluding hydrogens is 355 g/mol. The molecular formula is C19H23FN2O3S. The third-order valence-corrected chi connectivity index (χ3v) is 7.00. The first-order valence-corrected chi connectivity index (χ1v) is 9.94. The van der Waals surface area contributed by atoms with E-state index in [9.17, 15) is 12.8 Å². The van der Waals surface area contributed by atoms with Gasteiger partial charge in [-0.05, 0) is 49.2 Å². The number of halogens is 1. The van der Waals surface area contributed by atoms with Crippen LogP contribution in [0, 0.1) is 19.7 Å². The lowest BCUT2D eigenvalue weighted by Gasteiger charge is -2.35. The van der Waals surface area contributed by atoms with Crippen LogP contribution in [0.25, 0.3) is 0 Å². The zero-order chi connectivity index (χ0) is 18.9. The Bertz CT molecular complexity index is 907. The van der Waals surface area contributed by atoms with Crippen molar-refractivity contribution in [3.05, 3.63) is 53.3 Å². The van der Waals surface area contributed by atoms with Crippen molar-refractivity contribution in [1.82, 2.24) is 4.31 Å². The molecule has 1 heterocycles. The van der Waals surface area contributed by atoms with E-state index in [-0.39, 0.29) is 5.82 Å². The minimum Gasteiger partial charge on any atom is -0.496 e. The van der Waals surface area contributed by atoms with E-state index >= 15 is 0 Å². The van der Waals surface area contributed by atoms with Crippen molar-refractivity contribution < 1.29 is 17.5 Å². The fourth-order valence-electron chi connectivity index (χ4n) is 3.29. The van der Waals surface area contributed by atoms with Crippen molar-refractivity contribution in [2.45, 2.75) is 18.7 Å². The van der Waals surface area contributed by atoms with Gasteiger partial charge in [-0.2, -0.15) is 4.31 Å². The van der Waals surface area contributed by atoms with Gasteiger partial charge in [-0.15, -0.1) is 0 Å². The van der Waals surface area contributed by atoms with Crippen LogP contribution in [0.15, 0.2) is 41.3 Å². The summed E-state index contributed by atoms with van der Waals surface area (Å²) in [5.41, 5.74) is 2.03. The number of piperazine rings is 1. The summed E-state index contributed by atoms with van der Waals surface area (Å²) in [7, 11) is -2.03. The molecule has 0 radical (unpaired) electrons. The zero-order valence-electron chi connectivity index (χ0n) is 15.2. The molecule has 0 bridgehead atoms. The zero-order valence-corrected chi connectivity index (χ0v) is 16.0. The molecule has 2 aromatic carbocycles. The highest BCUT2D eigenvalue weighted by molar-refractivity contribution is 7.89. The number of rotatable bonds is 4. The molecule has 0 amide bonds. The molecule has 7 heteroatoms. The predicted molar refractivity (Wildman–Crippen MR) is 99.8 cm³/mol. The van der Waals surface area contributed by atoms with E-state index < -0.39 is 10.0 Å². The summed E-state index contributed by atoms with van der Waals surface area (Å²) in [5.74, 6) is 0.385. The van der Waals surface area contributed by atoms with Gasteiger partial charge in [0.25, 0.3) is 0 Å². The van der Waals surface area contributed by atoms with Crippen molar-refractivity contribution >= 4 is 15.7 Å². The van der Waals surface area contributed by atoms with Crippen LogP contribution in [0.5, 0.6) is 5.75 Å². The summed E-state index contributed by atoms with van der Waals surface area (Å²) in [6.45, 7) is 5.19. The number of hydrogen-bond acceptors (Lipinski definition) is 4. The van der Waals surface area contributed by atoms with Gasteiger partial charge in [0.15, 0.2) is 0 Å². The number of para-hydroxylation sites is 1. The Labute approximate surface area is 154 Å². The third kappa shape index (κ3) is 3.29. The Morgan fingerprint density at radius 1 is 0.962 bits per heavy atom. The average Bonchev–Trinajstić information content (AvgIpc) is 2.64. The quantitative estimate of drug-likeness (QED) is 0.821. The molecule has 26 heavy (non-hydrogen) atoms. The summed E-state index contributed by atoms with van der Waals surface area (Å²) in [4.78, 5) is 2.18. The molecule has 1 saturated heterocycles. The van der Waals surface area contributed by atoms with Gasteiger partial charge in [-0.3, -0.25) is 0 Å². The van der Waals surface area contributed by atoms with Gasteiger partial charge in [0.05, 0.1) is 17.7 Å². The van der Waals surface area contributed by atoms with E-state index in [0.717, 1.165) is 5.56 Å². The smallest absolute Gasteiger partial charge is 0.243 e. The molecule has 1 fully saturated rings. The molecule has 0 aromatic heterocycles. The average molecular weight is 378 g/mol. The molecule has 5 nitrogen and oxygen atoms in total. The van der Waals surface area contributed by atoms with E-state index in [4.69, 9.17) is 4.74 Å². The highest BCUT2D eigenvalue weighted by Gasteiger charge is 2.31. The summed E-state index contributed by atoms with van der Waals surface area (Å²) in [6.07, 6.45) is 0. The van der Waals surface area contributed by atoms with Crippen LogP contribution in [0.3, 0.4) is 0 Å². The number of benzene rings is 2. The van der Waals surface area contributed by atoms with Crippen LogP contribution >= 0.6 is 0 Å². The van der Waals surface area contributed by atoms with Gasteiger partial charge in [0.1, 0.15) is 11.6 Å². The first kappa shape index (κ1) is 18.7. The van der Waals surface area contributed by atoms with Crippen molar-refractivity contribution in [3.8, 4) is 5.75 Å². The Morgan fingerprint density at radius 2 is 1.62 bits per heavy atom. The summed E-state index contributed by atoms with van der Waals surface area (Å²) < 4.78 is 46.8. The molecule has 0 N–H and O–H groups in total. The number of nitrogens with zero attached hydrogens (tertiary/aromatic N) is 2. The number of hydrogen-bond donors (Lipinski definition) is 0. The monoisotopic (exact) mass is 378 g/mol. The molecule has 0 atom stereocenters. The van der Waals surface area contributed by atoms with Gasteiger partial charge < -0.3 is 9.64 Å². The second-order valence-electron chi connectivity index (χ2n) is 6.36. The Morgan fingerprint density at radius 3 is 2.23 bits per heavy atom. The summed E-state index contributed by atoms with van der Waals surface area (Å²) in [5, 5.41) is 0. The lowest BCUT2D eigenvalue weighted by molar-refractivity contribution is 0.382. The molecule has 1 aliphatic heterocycles. The molecule has 0 unspecified atom stereocenters. The normalized spacial score (nSPS) is 15.9. The maximum atomic E-state index is 14.0. The molecule has 0 saturated carbocycles. The maximum Gasteiger partial charge on any atom is 0.243 e. The van der Waals surface area contributed by atoms with Crippen LogP contribution in [-0.4, -0.2) is 46.0 Å². The van der Waals surface area contributed by atoms with Crippen molar-refractivity contribution in [1.29, 1.82) is 0 Å². The number of sulfonamides is 1. The minimum atomic E-state index is -3.60. The predicted octanol–water partition coefficient (Wildman–Crippen LogP) is 2.96. The molecule has 0 aliphatic carbocycles. The highest BCUT2D eigenvalue weighted by Crippen LogP contribution is 2.30. The van der Waals surface area contributed by atoms with E-state index in [1.165, 1.54) is 10.4 Å². The second-order valence-corrected chi connectivity index (χ2v) is 8.26. The van der Waals surface area contributed by atoms with Crippen molar-refractivity contribution in [2.75, 3.05) is 38.2 Å². The van der Waals surface area contributed by atoms with Gasteiger partial charge in [0, 0.05) is 26.2 Å². The van der Waals surface area contributed by atoms with Crippen LogP contribution in [0.4, 0.5) is 10.1 Å². The molecule has 3 rings (SSSR count). The van der Waals surface area contributed by atoms with E-state index in [1.54, 1.807) is 44.4 Å². The van der Waals surface area contributed by atoms with Crippen LogP contribution in [-0.2, 0) is 10.0 Å². The summed E-state index contributed by atoms with van der Waals surface area (Å²) in [6, 6.07) is 9.85. The van der Waals surface area contributed by atoms with E-state index in [1.807, 2.05) is 11.8 Å². The van der Waals surface area contributed by atoms with Crippen LogP contribution < -0.4 is 9.64 Å². The SMILES string of the molecule is COc1ccc(S(=O)(=O)N2CCN(c3ccccc3F)CC2)c(C)c1C. The first-order chi connectivity index (χ1) is 12.4. The van der Waals surface area contributed by atoms with Crippen LogP contribution in [0.1, 0.15) is 11.1 Å². The lowest BCUT2D eigenvalue weighted by Crippen LogP contribution is -2.49. The van der Waals surface area contributed by atoms with E-state index in [2.05, 4.69) is 0 Å². The third-order valence-electron chi connectivity index (χ3n) is 4.96. The van der Waals surface area contributed by atoms with E-state index in [0.29, 0.717) is 48.1 Å². The van der Waals surface area contributed by atoms with Gasteiger partial charge in [-0.1, -0.05) is 12.1 Å². The van der Waals surface area contributed by atoms with Gasteiger partial charge >= 0.3 is 0 Å². The standard InChI is InChI=1S/C19H23FN2O3S/c1-14-15(2)19(9-8-18(14)25-3)26(23,24)22-12-10-21(11-13-22)17-7-5-4-6-16(17)20/h4-9H,10-13H2,1-3H3. The minimum absolute atomic E-state index is 0.287. The van der Waals surface area contributed by atoms with Gasteiger partial charge in [-0.25, -0.2) is 12.8 Å². The first-order valence-electron chi connectivity index (χ1n) is 8.50. The van der Waals surface area contributed by atoms with Gasteiger partial charge in [0.2, 0.25) is 10.0 Å². The Kier molecular flexibility index (Phi) is 5.20. The fourth-order valence-corrected chi connectivity index (χ4v) is 4.99. The molecule has 1 aliphatic rings.